The Kier molecular flexibility index (Phi) is 15.4. The van der Waals surface area contributed by atoms with Crippen LogP contribution >= 0.6 is 0 Å². The molecule has 4 heterocycles. The van der Waals surface area contributed by atoms with E-state index in [2.05, 4.69) is 0 Å². The molecule has 2 saturated heterocycles. The number of hydrogen-bond acceptors (Lipinski definition) is 36. The summed E-state index contributed by atoms with van der Waals surface area (Å²) in [5.41, 5.74) is -10.8. The number of aromatic hydroxyl groups is 17. The van der Waals surface area contributed by atoms with Gasteiger partial charge >= 0.3 is 35.8 Å². The molecule has 10 rings (SSSR count). The lowest BCUT2D eigenvalue weighted by molar-refractivity contribution is -0.283. The van der Waals surface area contributed by atoms with Gasteiger partial charge in [-0.2, -0.15) is 0 Å². The zero-order valence-corrected chi connectivity index (χ0v) is 44.2. The van der Waals surface area contributed by atoms with Crippen LogP contribution in [0.2, 0.25) is 0 Å². The number of ether oxygens (including phenoxy) is 9. The van der Waals surface area contributed by atoms with E-state index in [0.29, 0.717) is 36.4 Å². The summed E-state index contributed by atoms with van der Waals surface area (Å²) in [7, 11) is 0. The molecule has 0 spiro atoms. The summed E-state index contributed by atoms with van der Waals surface area (Å²) in [4.78, 5) is 84.9. The average molecular weight is 1270 g/mol. The molecule has 6 aromatic carbocycles. The lowest BCUT2D eigenvalue weighted by Crippen LogP contribution is -2.62. The number of esters is 6. The highest BCUT2D eigenvalue weighted by Crippen LogP contribution is 2.56. The van der Waals surface area contributed by atoms with Gasteiger partial charge in [0.25, 0.3) is 0 Å². The molecule has 0 saturated carbocycles. The van der Waals surface area contributed by atoms with Gasteiger partial charge in [-0.15, -0.1) is 0 Å². The summed E-state index contributed by atoms with van der Waals surface area (Å²) >= 11 is 0. The maximum absolute atomic E-state index is 14.4. The first-order valence-electron chi connectivity index (χ1n) is 25.2. The summed E-state index contributed by atoms with van der Waals surface area (Å²) in [6.45, 7) is -2.48. The largest absolute Gasteiger partial charge is 0.504 e. The Morgan fingerprint density at radius 3 is 1.04 bits per heavy atom. The molecule has 0 aromatic heterocycles. The fourth-order valence-corrected chi connectivity index (χ4v) is 9.90. The molecule has 0 bridgehead atoms. The number of benzene rings is 6. The molecule has 2 fully saturated rings. The van der Waals surface area contributed by atoms with Crippen molar-refractivity contribution in [2.24, 2.45) is 0 Å². The van der Waals surface area contributed by atoms with Crippen LogP contribution in [0.25, 0.3) is 22.3 Å². The predicted octanol–water partition coefficient (Wildman–Crippen LogP) is -0.193. The van der Waals surface area contributed by atoms with Crippen molar-refractivity contribution in [3.63, 3.8) is 0 Å². The summed E-state index contributed by atoms with van der Waals surface area (Å²) in [6, 6.07) is 2.81. The summed E-state index contributed by atoms with van der Waals surface area (Å²) in [5, 5.41) is 225. The molecule has 90 heavy (non-hydrogen) atoms. The second-order valence-electron chi connectivity index (χ2n) is 19.7. The minimum Gasteiger partial charge on any atom is -0.504 e. The molecular formula is C54H42O36. The molecule has 0 radical (unpaired) electrons. The minimum atomic E-state index is -2.61. The zero-order valence-electron chi connectivity index (χ0n) is 44.2. The molecule has 474 valence electrons. The second kappa shape index (κ2) is 22.5. The summed E-state index contributed by atoms with van der Waals surface area (Å²) in [6.07, 6.45) is -23.4. The average Bonchev–Trinajstić information content (AvgIpc) is 0.754. The molecule has 4 aliphatic rings. The number of carbonyl (C=O) groups is 6. The zero-order chi connectivity index (χ0) is 65.7. The van der Waals surface area contributed by atoms with Gasteiger partial charge in [-0.25, -0.2) is 28.8 Å². The van der Waals surface area contributed by atoms with Crippen molar-refractivity contribution in [2.45, 2.75) is 61.4 Å². The molecule has 0 amide bonds. The van der Waals surface area contributed by atoms with Crippen LogP contribution in [0.5, 0.6) is 109 Å². The number of carbonyl (C=O) groups excluding carboxylic acids is 6. The van der Waals surface area contributed by atoms with E-state index in [1.807, 2.05) is 0 Å². The van der Waals surface area contributed by atoms with Crippen molar-refractivity contribution in [2.75, 3.05) is 13.2 Å². The van der Waals surface area contributed by atoms with Crippen molar-refractivity contribution >= 4 is 35.8 Å². The molecule has 10 unspecified atom stereocenters. The van der Waals surface area contributed by atoms with E-state index < -0.39 is 275 Å². The normalized spacial score (nSPS) is 22.8. The smallest absolute Gasteiger partial charge is 0.344 e. The topological polar surface area (TPSA) is 610 Å². The van der Waals surface area contributed by atoms with Crippen LogP contribution in [0.4, 0.5) is 0 Å². The minimum absolute atomic E-state index is 0.285. The quantitative estimate of drug-likeness (QED) is 0.0533. The van der Waals surface area contributed by atoms with Gasteiger partial charge in [0.15, 0.2) is 81.2 Å². The van der Waals surface area contributed by atoms with E-state index in [1.165, 1.54) is 0 Å². The molecule has 21 N–H and O–H groups in total. The van der Waals surface area contributed by atoms with Gasteiger partial charge < -0.3 is 150 Å². The van der Waals surface area contributed by atoms with E-state index in [9.17, 15) is 136 Å². The number of phenolic OH excluding ortho intramolecular Hbond substituents is 17. The lowest BCUT2D eigenvalue weighted by Gasteiger charge is -2.42. The second-order valence-corrected chi connectivity index (χ2v) is 19.7. The maximum atomic E-state index is 14.4. The lowest BCUT2D eigenvalue weighted by atomic mass is 9.91. The van der Waals surface area contributed by atoms with Crippen LogP contribution in [0, 0.1) is 0 Å². The third-order valence-corrected chi connectivity index (χ3v) is 14.3. The Labute approximate surface area is 495 Å². The van der Waals surface area contributed by atoms with E-state index in [1.54, 1.807) is 0 Å². The molecule has 4 aliphatic heterocycles. The van der Waals surface area contributed by atoms with Crippen LogP contribution in [-0.2, 0) is 37.9 Å². The number of aliphatic hydroxyl groups is 4. The van der Waals surface area contributed by atoms with Crippen molar-refractivity contribution in [1.82, 2.24) is 0 Å². The van der Waals surface area contributed by atoms with Gasteiger partial charge in [0.2, 0.25) is 65.0 Å². The van der Waals surface area contributed by atoms with Crippen LogP contribution < -0.4 is 4.74 Å². The molecule has 6 aromatic rings. The van der Waals surface area contributed by atoms with Crippen molar-refractivity contribution in [1.29, 1.82) is 0 Å². The number of aliphatic hydroxyl groups excluding tert-OH is 4. The molecule has 0 aliphatic carbocycles. The van der Waals surface area contributed by atoms with Crippen LogP contribution in [0.15, 0.2) is 42.5 Å². The van der Waals surface area contributed by atoms with Gasteiger partial charge in [-0.3, -0.25) is 0 Å². The Morgan fingerprint density at radius 2 is 0.689 bits per heavy atom. The molecule has 36 heteroatoms. The van der Waals surface area contributed by atoms with Gasteiger partial charge in [-0.05, 0) is 36.4 Å². The van der Waals surface area contributed by atoms with Crippen molar-refractivity contribution in [3.05, 3.63) is 75.8 Å². The van der Waals surface area contributed by atoms with Gasteiger partial charge in [0, 0.05) is 28.3 Å². The SMILES string of the molecule is O=C(OC1OC(CO)C(O)C2OC(=O)c3cc(O)c(O)c(O)c3-c3c(cc(O)c(O)c3O)C(=O)OC12)c1cc(O)c(O)c(Oc2c(C(=O)OC3OC(CO)C(O)C4OC(=O)c5cc(O)c(O)c(O)c5-c5c(cc(O)c(O)c5O)C(=O)OC34)cc(O)c(O)c2O)c1. The first kappa shape index (κ1) is 61.4. The van der Waals surface area contributed by atoms with Gasteiger partial charge in [0.05, 0.1) is 41.0 Å². The van der Waals surface area contributed by atoms with Crippen LogP contribution in [0.3, 0.4) is 0 Å². The summed E-state index contributed by atoms with van der Waals surface area (Å²) < 4.78 is 49.1. The Morgan fingerprint density at radius 1 is 0.378 bits per heavy atom. The Hall–Kier alpha value is -11.7. The fourth-order valence-electron chi connectivity index (χ4n) is 9.90. The molecule has 10 atom stereocenters. The van der Waals surface area contributed by atoms with E-state index in [0.717, 1.165) is 0 Å². The van der Waals surface area contributed by atoms with E-state index in [4.69, 9.17) is 42.6 Å². The number of hydrogen-bond donors (Lipinski definition) is 21. The third-order valence-electron chi connectivity index (χ3n) is 14.3. The highest BCUT2D eigenvalue weighted by molar-refractivity contribution is 6.10. The standard InChI is InChI=1S/C54H42O36/c55-8-23-35(69)43-45(87-50(79)13-5-19(60)32(66)39(73)27(13)25-11(48(77)85-43)3-17(58)30(64)37(25)71)53(83-23)89-47(76)10-1-16(57)29(63)22(2-10)82-42-15(7-21(62)34(68)41(42)75)52(81)90-54-46-44(36(70)24(9-56)84-54)86-49(78)12-4-18(59)31(65)38(72)26(12)28-14(51(80)88-46)6-20(61)33(67)40(28)74/h1-7,23-24,35-36,43-46,53-75H,8-9H2. The highest BCUT2D eigenvalue weighted by atomic mass is 16.8. The van der Waals surface area contributed by atoms with E-state index >= 15 is 0 Å². The van der Waals surface area contributed by atoms with Crippen LogP contribution in [-0.4, -0.2) is 218 Å². The van der Waals surface area contributed by atoms with Crippen molar-refractivity contribution < 1.29 is 179 Å². The first-order valence-corrected chi connectivity index (χ1v) is 25.2. The summed E-state index contributed by atoms with van der Waals surface area (Å²) in [5.74, 6) is -37.0. The number of rotatable bonds is 8. The number of phenols is 17. The van der Waals surface area contributed by atoms with Gasteiger partial charge in [-0.1, -0.05) is 0 Å². The van der Waals surface area contributed by atoms with Gasteiger partial charge in [0.1, 0.15) is 30.0 Å². The number of fused-ring (bicyclic) bond motifs is 8. The first-order chi connectivity index (χ1) is 42.4. The predicted molar refractivity (Wildman–Crippen MR) is 276 cm³/mol. The van der Waals surface area contributed by atoms with Crippen LogP contribution in [0.1, 0.15) is 62.1 Å². The molecular weight excluding hydrogens is 1220 g/mol. The highest BCUT2D eigenvalue weighted by Gasteiger charge is 2.55. The maximum Gasteiger partial charge on any atom is 0.344 e. The molecule has 36 nitrogen and oxygen atoms in total. The third kappa shape index (κ3) is 9.97. The fraction of sp³-hybridized carbons (Fsp3) is 0.222. The van der Waals surface area contributed by atoms with Crippen molar-refractivity contribution in [3.8, 4) is 131 Å². The Balaban J connectivity index is 0.990. The van der Waals surface area contributed by atoms with E-state index in [-0.39, 0.29) is 6.07 Å². The monoisotopic (exact) mass is 1270 g/mol. The Bertz CT molecular complexity index is 4080.